The lowest BCUT2D eigenvalue weighted by atomic mass is 9.89. The molecule has 44 heavy (non-hydrogen) atoms. The van der Waals surface area contributed by atoms with E-state index in [9.17, 15) is 9.59 Å². The molecule has 2 aromatic heterocycles. The molecule has 2 aliphatic rings. The minimum absolute atomic E-state index is 0.131. The number of piperazine rings is 1. The highest BCUT2D eigenvalue weighted by Crippen LogP contribution is 2.44. The number of benzene rings is 2. The summed E-state index contributed by atoms with van der Waals surface area (Å²) in [4.78, 5) is 35.5. The molecule has 1 amide bonds. The standard InChI is InChI=1S/C34H34F3N5O2/c1-6-26(43)40-16-20-10-11-21-32(41(20)15-19(40)5)22-14-24(36)28(27-23(35)8-7-9-25(27)38)29(37)33(22)42(34(21)44)31-18(4)12-13-39-30(31)17(2)3/h6-9,12-14,17,19-20H,1,10-11,15-16,38H2,2-5H3. The number of carbonyl (C=O) groups excluding carboxylic acids is 1. The third kappa shape index (κ3) is 4.38. The first-order chi connectivity index (χ1) is 21.0. The van der Waals surface area contributed by atoms with Crippen LogP contribution in [0.2, 0.25) is 0 Å². The Morgan fingerprint density at radius 2 is 1.86 bits per heavy atom. The number of halogens is 3. The summed E-state index contributed by atoms with van der Waals surface area (Å²) in [6, 6.07) is 6.32. The van der Waals surface area contributed by atoms with Crippen LogP contribution in [0, 0.1) is 24.4 Å². The number of hydrogen-bond donors (Lipinski definition) is 1. The van der Waals surface area contributed by atoms with Gasteiger partial charge in [0.25, 0.3) is 5.56 Å². The Kier molecular flexibility index (Phi) is 7.26. The first kappa shape index (κ1) is 29.5. The van der Waals surface area contributed by atoms with Crippen molar-refractivity contribution in [3.05, 3.63) is 93.8 Å². The largest absolute Gasteiger partial charge is 0.398 e. The second-order valence-corrected chi connectivity index (χ2v) is 12.0. The fourth-order valence-corrected chi connectivity index (χ4v) is 6.89. The molecule has 10 heteroatoms. The van der Waals surface area contributed by atoms with E-state index in [1.165, 1.54) is 28.8 Å². The van der Waals surface area contributed by atoms with Crippen LogP contribution in [0.25, 0.3) is 27.7 Å². The van der Waals surface area contributed by atoms with Gasteiger partial charge in [-0.1, -0.05) is 26.5 Å². The van der Waals surface area contributed by atoms with Crippen molar-refractivity contribution in [3.63, 3.8) is 0 Å². The molecule has 228 valence electrons. The van der Waals surface area contributed by atoms with Crippen molar-refractivity contribution >= 4 is 28.2 Å². The first-order valence-corrected chi connectivity index (χ1v) is 14.8. The molecule has 2 unspecified atom stereocenters. The van der Waals surface area contributed by atoms with E-state index in [1.54, 1.807) is 17.2 Å². The van der Waals surface area contributed by atoms with E-state index in [2.05, 4.69) is 11.6 Å². The van der Waals surface area contributed by atoms with Crippen LogP contribution >= 0.6 is 0 Å². The van der Waals surface area contributed by atoms with Crippen molar-refractivity contribution in [3.8, 4) is 16.8 Å². The molecule has 0 saturated carbocycles. The molecule has 2 atom stereocenters. The van der Waals surface area contributed by atoms with E-state index in [-0.39, 0.29) is 40.5 Å². The van der Waals surface area contributed by atoms with Crippen molar-refractivity contribution in [1.82, 2.24) is 14.5 Å². The summed E-state index contributed by atoms with van der Waals surface area (Å²) in [6.07, 6.45) is 3.83. The summed E-state index contributed by atoms with van der Waals surface area (Å²) in [5, 5.41) is 0.187. The summed E-state index contributed by atoms with van der Waals surface area (Å²) in [7, 11) is 0. The van der Waals surface area contributed by atoms with Crippen LogP contribution in [-0.2, 0) is 11.2 Å². The Balaban J connectivity index is 1.75. The Hall–Kier alpha value is -4.60. The predicted octanol–water partition coefficient (Wildman–Crippen LogP) is 6.02. The molecular formula is C34H34F3N5O2. The maximum Gasteiger partial charge on any atom is 0.261 e. The van der Waals surface area contributed by atoms with Crippen molar-refractivity contribution < 1.29 is 18.0 Å². The Labute approximate surface area is 253 Å². The molecule has 0 radical (unpaired) electrons. The zero-order valence-electron chi connectivity index (χ0n) is 25.1. The lowest BCUT2D eigenvalue weighted by molar-refractivity contribution is -0.129. The van der Waals surface area contributed by atoms with Gasteiger partial charge in [-0.05, 0) is 68.5 Å². The third-order valence-electron chi connectivity index (χ3n) is 8.95. The summed E-state index contributed by atoms with van der Waals surface area (Å²) in [5.74, 6) is -3.30. The van der Waals surface area contributed by atoms with E-state index in [0.717, 1.165) is 6.07 Å². The van der Waals surface area contributed by atoms with Gasteiger partial charge in [0, 0.05) is 53.6 Å². The van der Waals surface area contributed by atoms with Crippen molar-refractivity contribution in [2.45, 2.75) is 58.5 Å². The van der Waals surface area contributed by atoms with E-state index in [4.69, 9.17) is 5.73 Å². The van der Waals surface area contributed by atoms with Gasteiger partial charge in [0.15, 0.2) is 5.82 Å². The van der Waals surface area contributed by atoms with E-state index < -0.39 is 34.1 Å². The minimum atomic E-state index is -1.09. The molecule has 1 fully saturated rings. The lowest BCUT2D eigenvalue weighted by Crippen LogP contribution is -2.60. The van der Waals surface area contributed by atoms with Gasteiger partial charge < -0.3 is 15.5 Å². The third-order valence-corrected chi connectivity index (χ3v) is 8.95. The van der Waals surface area contributed by atoms with E-state index in [0.29, 0.717) is 54.1 Å². The number of aryl methyl sites for hydroxylation is 1. The molecule has 0 spiro atoms. The highest BCUT2D eigenvalue weighted by atomic mass is 19.1. The van der Waals surface area contributed by atoms with Gasteiger partial charge in [0.05, 0.1) is 28.1 Å². The van der Waals surface area contributed by atoms with Crippen LogP contribution in [0.5, 0.6) is 0 Å². The number of aromatic nitrogens is 2. The summed E-state index contributed by atoms with van der Waals surface area (Å²) in [6.45, 7) is 11.9. The fraction of sp³-hybridized carbons (Fsp3) is 0.324. The predicted molar refractivity (Wildman–Crippen MR) is 167 cm³/mol. The number of amides is 1. The lowest BCUT2D eigenvalue weighted by Gasteiger charge is -2.49. The second-order valence-electron chi connectivity index (χ2n) is 12.0. The van der Waals surface area contributed by atoms with Gasteiger partial charge in [0.1, 0.15) is 11.6 Å². The van der Waals surface area contributed by atoms with Crippen LogP contribution < -0.4 is 16.2 Å². The number of hydrogen-bond acceptors (Lipinski definition) is 5. The van der Waals surface area contributed by atoms with Crippen LogP contribution in [0.1, 0.15) is 49.9 Å². The molecule has 2 N–H and O–H groups in total. The van der Waals surface area contributed by atoms with Crippen LogP contribution in [0.3, 0.4) is 0 Å². The van der Waals surface area contributed by atoms with Gasteiger partial charge in [0.2, 0.25) is 5.91 Å². The van der Waals surface area contributed by atoms with Gasteiger partial charge in [-0.2, -0.15) is 0 Å². The fourth-order valence-electron chi connectivity index (χ4n) is 6.89. The summed E-state index contributed by atoms with van der Waals surface area (Å²) in [5.41, 5.74) is 6.80. The molecule has 0 bridgehead atoms. The van der Waals surface area contributed by atoms with Gasteiger partial charge in [-0.25, -0.2) is 13.2 Å². The van der Waals surface area contributed by atoms with E-state index >= 15 is 13.2 Å². The zero-order chi connectivity index (χ0) is 31.6. The number of fused-ring (bicyclic) bond motifs is 5. The van der Waals surface area contributed by atoms with Gasteiger partial charge in [-0.3, -0.25) is 19.1 Å². The summed E-state index contributed by atoms with van der Waals surface area (Å²) < 4.78 is 49.8. The molecule has 2 aliphatic heterocycles. The second kappa shape index (κ2) is 10.8. The number of carbonyl (C=O) groups is 1. The number of pyridine rings is 2. The van der Waals surface area contributed by atoms with E-state index in [1.807, 2.05) is 32.6 Å². The van der Waals surface area contributed by atoms with Crippen LogP contribution in [0.4, 0.5) is 24.5 Å². The number of nitrogens with two attached hydrogens (primary N) is 1. The van der Waals surface area contributed by atoms with Crippen molar-refractivity contribution in [2.75, 3.05) is 23.7 Å². The number of rotatable bonds is 4. The SMILES string of the molecule is C=CC(=O)N1CC2CCc3c(c4cc(F)c(-c5c(N)cccc5F)c(F)c4n(-c4c(C)ccnc4C(C)C)c3=O)N2CC1C. The smallest absolute Gasteiger partial charge is 0.261 e. The average Bonchev–Trinajstić information content (AvgIpc) is 2.98. The normalized spacial score (nSPS) is 18.0. The van der Waals surface area contributed by atoms with Crippen molar-refractivity contribution in [1.29, 1.82) is 0 Å². The molecule has 6 rings (SSSR count). The monoisotopic (exact) mass is 601 g/mol. The van der Waals surface area contributed by atoms with Gasteiger partial charge in [-0.15, -0.1) is 0 Å². The Morgan fingerprint density at radius 1 is 1.11 bits per heavy atom. The van der Waals surface area contributed by atoms with Crippen LogP contribution in [0.15, 0.2) is 54.0 Å². The number of nitrogen functional groups attached to an aromatic ring is 1. The molecule has 4 aromatic rings. The highest BCUT2D eigenvalue weighted by molar-refractivity contribution is 5.99. The first-order valence-electron chi connectivity index (χ1n) is 14.8. The zero-order valence-corrected chi connectivity index (χ0v) is 25.1. The summed E-state index contributed by atoms with van der Waals surface area (Å²) >= 11 is 0. The Bertz CT molecular complexity index is 1900. The van der Waals surface area contributed by atoms with Crippen LogP contribution in [-0.4, -0.2) is 45.5 Å². The van der Waals surface area contributed by atoms with Crippen molar-refractivity contribution in [2.24, 2.45) is 0 Å². The molecule has 1 saturated heterocycles. The maximum atomic E-state index is 17.1. The quantitative estimate of drug-likeness (QED) is 0.228. The number of anilines is 2. The molecule has 2 aromatic carbocycles. The van der Waals surface area contributed by atoms with Gasteiger partial charge >= 0.3 is 0 Å². The Morgan fingerprint density at radius 3 is 2.55 bits per heavy atom. The molecule has 4 heterocycles. The highest BCUT2D eigenvalue weighted by Gasteiger charge is 2.40. The number of nitrogens with zero attached hydrogens (tertiary/aromatic N) is 4. The molecule has 0 aliphatic carbocycles. The molecule has 7 nitrogen and oxygen atoms in total. The molecular weight excluding hydrogens is 567 g/mol. The topological polar surface area (TPSA) is 84.5 Å². The maximum absolute atomic E-state index is 17.1. The minimum Gasteiger partial charge on any atom is -0.398 e. The average molecular weight is 602 g/mol.